The van der Waals surface area contributed by atoms with Crippen molar-refractivity contribution in [1.82, 2.24) is 9.78 Å². The molecule has 1 heterocycles. The number of aromatic nitrogens is 2. The molecule has 0 atom stereocenters. The van der Waals surface area contributed by atoms with E-state index in [-0.39, 0.29) is 4.90 Å². The van der Waals surface area contributed by atoms with Gasteiger partial charge in [0, 0.05) is 11.4 Å². The van der Waals surface area contributed by atoms with Gasteiger partial charge in [-0.15, -0.1) is 0 Å². The lowest BCUT2D eigenvalue weighted by atomic mass is 10.1. The van der Waals surface area contributed by atoms with Gasteiger partial charge in [0.1, 0.15) is 0 Å². The zero-order chi connectivity index (χ0) is 15.8. The highest BCUT2D eigenvalue weighted by Crippen LogP contribution is 2.26. The number of benzene rings is 1. The maximum Gasteiger partial charge on any atom is 0.238 e. The van der Waals surface area contributed by atoms with E-state index in [1.54, 1.807) is 17.7 Å². The van der Waals surface area contributed by atoms with Crippen LogP contribution in [0.4, 0.5) is 5.69 Å². The molecule has 4 N–H and O–H groups in total. The molecule has 0 radical (unpaired) electrons. The number of aryl methyl sites for hydroxylation is 2. The van der Waals surface area contributed by atoms with E-state index >= 15 is 0 Å². The van der Waals surface area contributed by atoms with Gasteiger partial charge in [-0.3, -0.25) is 0 Å². The molecule has 6 nitrogen and oxygen atoms in total. The topological polar surface area (TPSA) is 104 Å². The van der Waals surface area contributed by atoms with Gasteiger partial charge in [0.2, 0.25) is 10.0 Å². The fraction of sp³-hybridized carbons (Fsp3) is 0.357. The van der Waals surface area contributed by atoms with E-state index in [1.807, 2.05) is 19.9 Å². The number of anilines is 1. The number of nitrogen functional groups attached to an aromatic ring is 1. The first kappa shape index (κ1) is 15.5. The van der Waals surface area contributed by atoms with E-state index in [1.165, 1.54) is 6.07 Å². The van der Waals surface area contributed by atoms with Crippen LogP contribution >= 0.6 is 0 Å². The summed E-state index contributed by atoms with van der Waals surface area (Å²) in [7, 11) is -3.83. The molecule has 0 aliphatic heterocycles. The zero-order valence-corrected chi connectivity index (χ0v) is 13.2. The summed E-state index contributed by atoms with van der Waals surface area (Å²) < 4.78 is 25.1. The Morgan fingerprint density at radius 3 is 2.38 bits per heavy atom. The predicted octanol–water partition coefficient (Wildman–Crippen LogP) is 1.54. The normalized spacial score (nSPS) is 11.8. The molecular formula is C14H20N4O2S. The van der Waals surface area contributed by atoms with Crippen LogP contribution in [0, 0.1) is 6.92 Å². The van der Waals surface area contributed by atoms with Crippen molar-refractivity contribution in [2.24, 2.45) is 5.14 Å². The van der Waals surface area contributed by atoms with Crippen LogP contribution in [-0.4, -0.2) is 18.2 Å². The fourth-order valence-corrected chi connectivity index (χ4v) is 3.15. The lowest BCUT2D eigenvalue weighted by Crippen LogP contribution is -2.16. The molecule has 114 valence electrons. The second-order valence-electron chi connectivity index (χ2n) is 4.95. The quantitative estimate of drug-likeness (QED) is 0.836. The Hall–Kier alpha value is -1.86. The zero-order valence-electron chi connectivity index (χ0n) is 12.4. The summed E-state index contributed by atoms with van der Waals surface area (Å²) >= 11 is 0. The number of primary sulfonamides is 1. The van der Waals surface area contributed by atoms with Crippen LogP contribution in [0.1, 0.15) is 30.8 Å². The first-order valence-corrected chi connectivity index (χ1v) is 8.33. The van der Waals surface area contributed by atoms with Crippen molar-refractivity contribution in [2.75, 3.05) is 5.73 Å². The van der Waals surface area contributed by atoms with Crippen molar-refractivity contribution in [1.29, 1.82) is 0 Å². The van der Waals surface area contributed by atoms with Crippen molar-refractivity contribution < 1.29 is 8.42 Å². The summed E-state index contributed by atoms with van der Waals surface area (Å²) in [4.78, 5) is 0.0353. The van der Waals surface area contributed by atoms with Gasteiger partial charge in [-0.2, -0.15) is 5.10 Å². The maximum atomic E-state index is 11.7. The summed E-state index contributed by atoms with van der Waals surface area (Å²) in [6.45, 7) is 5.75. The third-order valence-electron chi connectivity index (χ3n) is 3.45. The van der Waals surface area contributed by atoms with Gasteiger partial charge in [-0.1, -0.05) is 13.8 Å². The van der Waals surface area contributed by atoms with Crippen molar-refractivity contribution in [3.05, 3.63) is 35.2 Å². The van der Waals surface area contributed by atoms with Gasteiger partial charge >= 0.3 is 0 Å². The lowest BCUT2D eigenvalue weighted by Gasteiger charge is -2.13. The van der Waals surface area contributed by atoms with Crippen LogP contribution in [0.3, 0.4) is 0 Å². The number of hydrogen-bond acceptors (Lipinski definition) is 4. The van der Waals surface area contributed by atoms with Gasteiger partial charge in [-0.25, -0.2) is 18.2 Å². The molecule has 2 rings (SSSR count). The van der Waals surface area contributed by atoms with Crippen LogP contribution < -0.4 is 10.9 Å². The molecule has 7 heteroatoms. The molecule has 0 saturated heterocycles. The van der Waals surface area contributed by atoms with Gasteiger partial charge in [-0.05, 0) is 43.5 Å². The second-order valence-corrected chi connectivity index (χ2v) is 6.48. The highest BCUT2D eigenvalue weighted by Gasteiger charge is 2.18. The summed E-state index contributed by atoms with van der Waals surface area (Å²) in [6, 6.07) is 5.11. The Kier molecular flexibility index (Phi) is 4.06. The van der Waals surface area contributed by atoms with Crippen molar-refractivity contribution in [3.8, 4) is 5.69 Å². The largest absolute Gasteiger partial charge is 0.399 e. The highest BCUT2D eigenvalue weighted by atomic mass is 32.2. The standard InChI is InChI=1S/C14H20N4O2S/c1-4-11-8-12(5-2)18(17-11)13-6-10(15)7-14(9(13)3)21(16,19)20/h6-8H,4-5,15H2,1-3H3,(H2,16,19,20). The molecule has 0 unspecified atom stereocenters. The molecule has 1 aromatic carbocycles. The summed E-state index contributed by atoms with van der Waals surface area (Å²) in [6.07, 6.45) is 1.59. The number of sulfonamides is 1. The Morgan fingerprint density at radius 1 is 1.19 bits per heavy atom. The van der Waals surface area contributed by atoms with E-state index in [9.17, 15) is 8.42 Å². The van der Waals surface area contributed by atoms with E-state index in [0.717, 1.165) is 24.2 Å². The second kappa shape index (κ2) is 5.50. The maximum absolute atomic E-state index is 11.7. The first-order valence-electron chi connectivity index (χ1n) is 6.79. The molecule has 0 aliphatic rings. The summed E-state index contributed by atoms with van der Waals surface area (Å²) in [5, 5.41) is 9.78. The Bertz CT molecular complexity index is 779. The third kappa shape index (κ3) is 2.93. The molecule has 0 bridgehead atoms. The summed E-state index contributed by atoms with van der Waals surface area (Å²) in [5.41, 5.74) is 9.32. The number of hydrogen-bond donors (Lipinski definition) is 2. The van der Waals surface area contributed by atoms with Gasteiger partial charge in [0.25, 0.3) is 0 Å². The molecule has 0 spiro atoms. The summed E-state index contributed by atoms with van der Waals surface area (Å²) in [5.74, 6) is 0. The van der Waals surface area contributed by atoms with Crippen LogP contribution in [0.5, 0.6) is 0 Å². The Balaban J connectivity index is 2.76. The van der Waals surface area contributed by atoms with Gasteiger partial charge in [0.05, 0.1) is 16.3 Å². The van der Waals surface area contributed by atoms with Crippen LogP contribution in [0.25, 0.3) is 5.69 Å². The molecule has 21 heavy (non-hydrogen) atoms. The van der Waals surface area contributed by atoms with Gasteiger partial charge < -0.3 is 5.73 Å². The molecule has 0 amide bonds. The van der Waals surface area contributed by atoms with E-state index in [2.05, 4.69) is 5.10 Å². The van der Waals surface area contributed by atoms with Crippen LogP contribution in [-0.2, 0) is 22.9 Å². The third-order valence-corrected chi connectivity index (χ3v) is 4.48. The van der Waals surface area contributed by atoms with Crippen molar-refractivity contribution >= 4 is 15.7 Å². The number of nitrogens with two attached hydrogens (primary N) is 2. The molecule has 1 aromatic heterocycles. The number of nitrogens with zero attached hydrogens (tertiary/aromatic N) is 2. The van der Waals surface area contributed by atoms with E-state index in [4.69, 9.17) is 10.9 Å². The minimum atomic E-state index is -3.83. The number of rotatable bonds is 4. The van der Waals surface area contributed by atoms with Crippen molar-refractivity contribution in [2.45, 2.75) is 38.5 Å². The van der Waals surface area contributed by atoms with Crippen LogP contribution in [0.15, 0.2) is 23.1 Å². The van der Waals surface area contributed by atoms with Crippen LogP contribution in [0.2, 0.25) is 0 Å². The lowest BCUT2D eigenvalue weighted by molar-refractivity contribution is 0.597. The Labute approximate surface area is 124 Å². The first-order chi connectivity index (χ1) is 9.77. The average Bonchev–Trinajstić information content (AvgIpc) is 2.83. The molecule has 2 aromatic rings. The molecular weight excluding hydrogens is 288 g/mol. The Morgan fingerprint density at radius 2 is 1.86 bits per heavy atom. The fourth-order valence-electron chi connectivity index (χ4n) is 2.32. The van der Waals surface area contributed by atoms with E-state index < -0.39 is 10.0 Å². The van der Waals surface area contributed by atoms with Gasteiger partial charge in [0.15, 0.2) is 0 Å². The monoisotopic (exact) mass is 308 g/mol. The molecule has 0 aliphatic carbocycles. The smallest absolute Gasteiger partial charge is 0.238 e. The highest BCUT2D eigenvalue weighted by molar-refractivity contribution is 7.89. The van der Waals surface area contributed by atoms with E-state index in [0.29, 0.717) is 16.9 Å². The minimum absolute atomic E-state index is 0.0353. The minimum Gasteiger partial charge on any atom is -0.399 e. The average molecular weight is 308 g/mol. The SMILES string of the molecule is CCc1cc(CC)n(-c2cc(N)cc(S(N)(=O)=O)c2C)n1. The molecule has 0 saturated carbocycles. The van der Waals surface area contributed by atoms with Crippen molar-refractivity contribution in [3.63, 3.8) is 0 Å². The molecule has 0 fully saturated rings. The predicted molar refractivity (Wildman–Crippen MR) is 82.8 cm³/mol.